The second-order valence-corrected chi connectivity index (χ2v) is 8.41. The molecule has 12 nitrogen and oxygen atoms in total. The highest BCUT2D eigenvalue weighted by molar-refractivity contribution is 7.46. The molecule has 1 aliphatic heterocycles. The van der Waals surface area contributed by atoms with Crippen LogP contribution in [0.25, 0.3) is 0 Å². The Morgan fingerprint density at radius 3 is 2.73 bits per heavy atom. The van der Waals surface area contributed by atoms with Crippen LogP contribution in [0.4, 0.5) is 0 Å². The fraction of sp³-hybridized carbons (Fsp3) is 0.350. The number of ether oxygens (including phenoxy) is 1. The Morgan fingerprint density at radius 2 is 2.03 bits per heavy atom. The Morgan fingerprint density at radius 1 is 1.30 bits per heavy atom. The maximum Gasteiger partial charge on any atom is 0.469 e. The molecular formula is C20H22N3O9P. The first-order chi connectivity index (χ1) is 15.6. The minimum Gasteiger partial charge on any atom is -0.390 e. The van der Waals surface area contributed by atoms with E-state index < -0.39 is 44.1 Å². The smallest absolute Gasteiger partial charge is 0.390 e. The first kappa shape index (κ1) is 24.6. The molecule has 2 aromatic rings. The summed E-state index contributed by atoms with van der Waals surface area (Å²) in [7, 11) is -4.76. The molecule has 3 atom stereocenters. The first-order valence-corrected chi connectivity index (χ1v) is 11.3. The topological polar surface area (TPSA) is 180 Å². The van der Waals surface area contributed by atoms with Crippen LogP contribution in [0.2, 0.25) is 0 Å². The normalized spacial score (nSPS) is 20.2. The van der Waals surface area contributed by atoms with Crippen molar-refractivity contribution in [2.24, 2.45) is 0 Å². The molecule has 1 aromatic heterocycles. The minimum atomic E-state index is -4.76. The summed E-state index contributed by atoms with van der Waals surface area (Å²) >= 11 is 0. The van der Waals surface area contributed by atoms with Crippen molar-refractivity contribution in [2.75, 3.05) is 13.2 Å². The number of aromatic nitrogens is 2. The van der Waals surface area contributed by atoms with Crippen molar-refractivity contribution >= 4 is 13.7 Å². The van der Waals surface area contributed by atoms with Crippen LogP contribution in [0.3, 0.4) is 0 Å². The summed E-state index contributed by atoms with van der Waals surface area (Å²) in [6, 6.07) is 9.13. The summed E-state index contributed by atoms with van der Waals surface area (Å²) in [5.74, 6) is 4.97. The van der Waals surface area contributed by atoms with Gasteiger partial charge in [0.2, 0.25) is 5.91 Å². The number of hydrogen-bond donors (Lipinski definition) is 5. The number of H-pyrrole nitrogens is 1. The van der Waals surface area contributed by atoms with Crippen molar-refractivity contribution in [1.82, 2.24) is 14.9 Å². The van der Waals surface area contributed by atoms with Crippen molar-refractivity contribution in [3.63, 3.8) is 0 Å². The van der Waals surface area contributed by atoms with Gasteiger partial charge in [0.25, 0.3) is 5.56 Å². The monoisotopic (exact) mass is 479 g/mol. The number of carbonyl (C=O) groups is 1. The van der Waals surface area contributed by atoms with E-state index >= 15 is 0 Å². The lowest BCUT2D eigenvalue weighted by atomic mass is 10.1. The van der Waals surface area contributed by atoms with Gasteiger partial charge in [0.05, 0.1) is 25.7 Å². The Labute approximate surface area is 187 Å². The van der Waals surface area contributed by atoms with Crippen molar-refractivity contribution in [3.8, 4) is 11.8 Å². The fourth-order valence-electron chi connectivity index (χ4n) is 3.12. The molecule has 0 radical (unpaired) electrons. The third-order valence-corrected chi connectivity index (χ3v) is 5.18. The van der Waals surface area contributed by atoms with Gasteiger partial charge in [-0.1, -0.05) is 42.2 Å². The molecule has 0 spiro atoms. The van der Waals surface area contributed by atoms with E-state index in [2.05, 4.69) is 26.7 Å². The summed E-state index contributed by atoms with van der Waals surface area (Å²) in [4.78, 5) is 55.9. The maximum absolute atomic E-state index is 12.2. The second kappa shape index (κ2) is 10.7. The van der Waals surface area contributed by atoms with E-state index in [4.69, 9.17) is 14.5 Å². The maximum atomic E-state index is 12.2. The predicted molar refractivity (Wildman–Crippen MR) is 114 cm³/mol. The number of aromatic amines is 1. The van der Waals surface area contributed by atoms with Gasteiger partial charge < -0.3 is 24.9 Å². The standard InChI is InChI=1S/C20H22N3O9P/c24-15-10-18(32-16(15)12-31-33(28,29)30)23-11-14(19(26)22-20(23)27)7-4-8-21-17(25)9-13-5-2-1-3-6-13/h1-3,5-6,11,15-16,18,24H,8-10,12H2,(H,21,25)(H,22,26,27)(H2,28,29,30)/t15?,16-,18-/m1/s1. The van der Waals surface area contributed by atoms with Crippen LogP contribution >= 0.6 is 7.82 Å². The van der Waals surface area contributed by atoms with Crippen molar-refractivity contribution in [2.45, 2.75) is 31.3 Å². The molecule has 5 N–H and O–H groups in total. The molecular weight excluding hydrogens is 457 g/mol. The molecule has 3 rings (SSSR count). The van der Waals surface area contributed by atoms with E-state index in [9.17, 15) is 24.1 Å². The number of rotatable bonds is 7. The van der Waals surface area contributed by atoms with Gasteiger partial charge in [0.1, 0.15) is 17.9 Å². The summed E-state index contributed by atoms with van der Waals surface area (Å²) in [6.45, 7) is -0.611. The number of nitrogens with one attached hydrogen (secondary N) is 2. The minimum absolute atomic E-state index is 0.0232. The molecule has 1 aliphatic rings. The largest absolute Gasteiger partial charge is 0.469 e. The van der Waals surface area contributed by atoms with Gasteiger partial charge in [-0.15, -0.1) is 0 Å². The zero-order chi connectivity index (χ0) is 24.0. The van der Waals surface area contributed by atoms with Gasteiger partial charge in [-0.3, -0.25) is 23.7 Å². The first-order valence-electron chi connectivity index (χ1n) is 9.81. The lowest BCUT2D eigenvalue weighted by molar-refractivity contribution is -0.120. The average Bonchev–Trinajstić information content (AvgIpc) is 3.11. The van der Waals surface area contributed by atoms with Crippen LogP contribution < -0.4 is 16.6 Å². The van der Waals surface area contributed by atoms with Crippen LogP contribution in [0.1, 0.15) is 23.8 Å². The highest BCUT2D eigenvalue weighted by Gasteiger charge is 2.37. The van der Waals surface area contributed by atoms with Gasteiger partial charge in [-0.25, -0.2) is 9.36 Å². The second-order valence-electron chi connectivity index (χ2n) is 7.17. The summed E-state index contributed by atoms with van der Waals surface area (Å²) in [6.07, 6.45) is -2.00. The van der Waals surface area contributed by atoms with E-state index in [0.717, 1.165) is 16.3 Å². The van der Waals surface area contributed by atoms with Crippen molar-refractivity contribution in [3.05, 3.63) is 68.5 Å². The Balaban J connectivity index is 1.64. The lowest BCUT2D eigenvalue weighted by Crippen LogP contribution is -2.34. The van der Waals surface area contributed by atoms with Gasteiger partial charge in [0, 0.05) is 12.6 Å². The van der Waals surface area contributed by atoms with Crippen LogP contribution in [-0.2, 0) is 25.0 Å². The molecule has 0 saturated carbocycles. The third-order valence-electron chi connectivity index (χ3n) is 4.69. The molecule has 2 heterocycles. The van der Waals surface area contributed by atoms with Crippen molar-refractivity contribution in [1.29, 1.82) is 0 Å². The molecule has 1 amide bonds. The van der Waals surface area contributed by atoms with Gasteiger partial charge in [0.15, 0.2) is 0 Å². The number of aliphatic hydroxyl groups is 1. The van der Waals surface area contributed by atoms with E-state index in [0.29, 0.717) is 0 Å². The predicted octanol–water partition coefficient (Wildman–Crippen LogP) is -0.995. The Kier molecular flexibility index (Phi) is 7.99. The molecule has 33 heavy (non-hydrogen) atoms. The number of aliphatic hydroxyl groups excluding tert-OH is 1. The fourth-order valence-corrected chi connectivity index (χ4v) is 3.46. The zero-order valence-electron chi connectivity index (χ0n) is 17.2. The van der Waals surface area contributed by atoms with Gasteiger partial charge >= 0.3 is 13.5 Å². The number of hydrogen-bond acceptors (Lipinski definition) is 7. The molecule has 0 bridgehead atoms. The van der Waals surface area contributed by atoms with E-state index in [-0.39, 0.29) is 30.9 Å². The van der Waals surface area contributed by atoms with E-state index in [1.54, 1.807) is 0 Å². The highest BCUT2D eigenvalue weighted by atomic mass is 31.2. The Hall–Kier alpha value is -3.04. The van der Waals surface area contributed by atoms with Crippen molar-refractivity contribution < 1.29 is 33.5 Å². The van der Waals surface area contributed by atoms with Gasteiger partial charge in [-0.2, -0.15) is 0 Å². The van der Waals surface area contributed by atoms with Crippen LogP contribution in [0, 0.1) is 11.8 Å². The molecule has 1 unspecified atom stereocenters. The number of nitrogens with zero attached hydrogens (tertiary/aromatic N) is 1. The number of phosphoric acid groups is 1. The molecule has 176 valence electrons. The number of carbonyl (C=O) groups excluding carboxylic acids is 1. The zero-order valence-corrected chi connectivity index (χ0v) is 18.1. The summed E-state index contributed by atoms with van der Waals surface area (Å²) in [5, 5.41) is 12.7. The quantitative estimate of drug-likeness (QED) is 0.246. The van der Waals surface area contributed by atoms with E-state index in [1.807, 2.05) is 30.3 Å². The summed E-state index contributed by atoms with van der Waals surface area (Å²) < 4.78 is 21.7. The summed E-state index contributed by atoms with van der Waals surface area (Å²) in [5.41, 5.74) is -0.774. The van der Waals surface area contributed by atoms with Crippen LogP contribution in [-0.4, -0.2) is 55.7 Å². The number of phosphoric ester groups is 1. The molecule has 1 fully saturated rings. The molecule has 13 heteroatoms. The van der Waals surface area contributed by atoms with Gasteiger partial charge in [-0.05, 0) is 5.56 Å². The highest BCUT2D eigenvalue weighted by Crippen LogP contribution is 2.38. The molecule has 0 aliphatic carbocycles. The molecule has 1 aromatic carbocycles. The third kappa shape index (κ3) is 7.23. The SMILES string of the molecule is O=C(Cc1ccccc1)NCC#Cc1cn([C@H]2CC(O)[C@@H](COP(=O)(O)O)O2)c(=O)[nH]c1=O. The average molecular weight is 479 g/mol. The number of amides is 1. The number of benzene rings is 1. The lowest BCUT2D eigenvalue weighted by Gasteiger charge is -2.16. The molecule has 1 saturated heterocycles. The van der Waals surface area contributed by atoms with E-state index in [1.165, 1.54) is 0 Å². The van der Waals surface area contributed by atoms with Crippen LogP contribution in [0.15, 0.2) is 46.1 Å². The van der Waals surface area contributed by atoms with Crippen LogP contribution in [0.5, 0.6) is 0 Å². The Bertz CT molecular complexity index is 1210.